The Kier molecular flexibility index (Phi) is 5.11. The van der Waals surface area contributed by atoms with E-state index in [1.165, 1.54) is 56.4 Å². The summed E-state index contributed by atoms with van der Waals surface area (Å²) >= 11 is 0. The molecule has 0 aromatic heterocycles. The van der Waals surface area contributed by atoms with Crippen LogP contribution in [0.15, 0.2) is 29.4 Å². The smallest absolute Gasteiger partial charge is 0.269 e. The molecule has 0 aliphatic heterocycles. The fraction of sp³-hybridized carbons (Fsp3) is 0.720. The lowest BCUT2D eigenvalue weighted by Gasteiger charge is -2.60. The number of hydrazone groups is 1. The van der Waals surface area contributed by atoms with Crippen molar-refractivity contribution in [2.24, 2.45) is 39.6 Å². The van der Waals surface area contributed by atoms with E-state index in [0.717, 1.165) is 36.8 Å². The first-order valence-corrected chi connectivity index (χ1v) is 12.1. The normalized spacial score (nSPS) is 43.1. The zero-order valence-corrected chi connectivity index (χ0v) is 18.7. The van der Waals surface area contributed by atoms with Gasteiger partial charge < -0.3 is 5.11 Å². The standard InChI is InChI=1S/C25H35N3O3/c1-24-13-11-19(29)15-16(24)3-8-20-21-9-10-23(25(21,2)14-12-22(20)24)27-26-17-4-6-18(7-5-17)28(30)31/h4-7,16,19-22,26,29H,3,8-15H2,1-2H3/b27-23-/t16-,19-,20-,21-,22-,24-,25-/m0/s1. The van der Waals surface area contributed by atoms with Gasteiger partial charge in [0.05, 0.1) is 16.7 Å². The monoisotopic (exact) mass is 425 g/mol. The molecule has 1 aromatic rings. The maximum absolute atomic E-state index is 10.9. The lowest BCUT2D eigenvalue weighted by molar-refractivity contribution is -0.384. The third-order valence-corrected chi connectivity index (χ3v) is 9.78. The number of hydrogen-bond acceptors (Lipinski definition) is 5. The quantitative estimate of drug-likeness (QED) is 0.475. The zero-order chi connectivity index (χ0) is 21.8. The Hall–Kier alpha value is -1.95. The van der Waals surface area contributed by atoms with Crippen LogP contribution in [0.3, 0.4) is 0 Å². The van der Waals surface area contributed by atoms with Gasteiger partial charge in [-0.15, -0.1) is 0 Å². The molecule has 31 heavy (non-hydrogen) atoms. The highest BCUT2D eigenvalue weighted by Gasteiger charge is 2.59. The molecule has 168 valence electrons. The number of aliphatic hydroxyl groups is 1. The molecule has 0 saturated heterocycles. The number of rotatable bonds is 3. The van der Waals surface area contributed by atoms with Crippen molar-refractivity contribution in [1.82, 2.24) is 0 Å². The maximum atomic E-state index is 10.9. The summed E-state index contributed by atoms with van der Waals surface area (Å²) in [6, 6.07) is 6.50. The Morgan fingerprint density at radius 2 is 1.84 bits per heavy atom. The number of anilines is 1. The van der Waals surface area contributed by atoms with Crippen LogP contribution in [0.2, 0.25) is 0 Å². The van der Waals surface area contributed by atoms with E-state index in [-0.39, 0.29) is 22.1 Å². The van der Waals surface area contributed by atoms with Crippen LogP contribution in [0.1, 0.15) is 71.6 Å². The third-order valence-electron chi connectivity index (χ3n) is 9.78. The molecule has 0 spiro atoms. The van der Waals surface area contributed by atoms with Crippen LogP contribution in [0.25, 0.3) is 0 Å². The predicted molar refractivity (Wildman–Crippen MR) is 122 cm³/mol. The molecule has 4 fully saturated rings. The Balaban J connectivity index is 1.33. The van der Waals surface area contributed by atoms with Crippen molar-refractivity contribution in [3.63, 3.8) is 0 Å². The van der Waals surface area contributed by atoms with Crippen LogP contribution >= 0.6 is 0 Å². The Morgan fingerprint density at radius 1 is 1.06 bits per heavy atom. The summed E-state index contributed by atoms with van der Waals surface area (Å²) in [5, 5.41) is 25.9. The van der Waals surface area contributed by atoms with Gasteiger partial charge in [0.1, 0.15) is 0 Å². The Bertz CT molecular complexity index is 885. The summed E-state index contributed by atoms with van der Waals surface area (Å²) in [6.45, 7) is 4.96. The van der Waals surface area contributed by atoms with E-state index < -0.39 is 0 Å². The highest BCUT2D eigenvalue weighted by Crippen LogP contribution is 2.65. The third kappa shape index (κ3) is 3.38. The molecule has 4 aliphatic carbocycles. The zero-order valence-electron chi connectivity index (χ0n) is 18.7. The van der Waals surface area contributed by atoms with Gasteiger partial charge in [-0.3, -0.25) is 15.5 Å². The molecule has 0 bridgehead atoms. The number of nitro benzene ring substituents is 1. The predicted octanol–water partition coefficient (Wildman–Crippen LogP) is 5.77. The van der Waals surface area contributed by atoms with Crippen molar-refractivity contribution in [3.8, 4) is 0 Å². The molecule has 6 heteroatoms. The highest BCUT2D eigenvalue weighted by molar-refractivity contribution is 5.93. The van der Waals surface area contributed by atoms with Gasteiger partial charge in [0.15, 0.2) is 0 Å². The average molecular weight is 426 g/mol. The van der Waals surface area contributed by atoms with Crippen molar-refractivity contribution in [1.29, 1.82) is 0 Å². The number of non-ortho nitro benzene ring substituents is 1. The van der Waals surface area contributed by atoms with E-state index >= 15 is 0 Å². The number of fused-ring (bicyclic) bond motifs is 5. The number of hydrogen-bond donors (Lipinski definition) is 2. The van der Waals surface area contributed by atoms with E-state index in [9.17, 15) is 15.2 Å². The number of nitro groups is 1. The molecule has 1 aromatic carbocycles. The summed E-state index contributed by atoms with van der Waals surface area (Å²) in [5.41, 5.74) is 5.92. The van der Waals surface area contributed by atoms with Crippen molar-refractivity contribution >= 4 is 17.1 Å². The minimum atomic E-state index is -0.376. The number of nitrogens with zero attached hydrogens (tertiary/aromatic N) is 2. The van der Waals surface area contributed by atoms with Crippen LogP contribution in [0.4, 0.5) is 11.4 Å². The van der Waals surface area contributed by atoms with Crippen LogP contribution in [-0.4, -0.2) is 21.8 Å². The molecule has 4 saturated carbocycles. The first kappa shape index (κ1) is 20.9. The van der Waals surface area contributed by atoms with Crippen LogP contribution < -0.4 is 5.43 Å². The second-order valence-electron chi connectivity index (χ2n) is 11.1. The van der Waals surface area contributed by atoms with Crippen molar-refractivity contribution in [2.45, 2.75) is 77.7 Å². The number of nitrogens with one attached hydrogen (secondary N) is 1. The van der Waals surface area contributed by atoms with E-state index in [2.05, 4.69) is 19.3 Å². The second kappa shape index (κ2) is 7.58. The van der Waals surface area contributed by atoms with Crippen molar-refractivity contribution < 1.29 is 10.0 Å². The molecular weight excluding hydrogens is 390 g/mol. The largest absolute Gasteiger partial charge is 0.393 e. The summed E-state index contributed by atoms with van der Waals surface area (Å²) in [5.74, 6) is 2.97. The van der Waals surface area contributed by atoms with Crippen LogP contribution in [0.5, 0.6) is 0 Å². The molecule has 0 amide bonds. The lowest BCUT2D eigenvalue weighted by Crippen LogP contribution is -2.54. The Morgan fingerprint density at radius 3 is 2.58 bits per heavy atom. The first-order valence-electron chi connectivity index (χ1n) is 12.1. The lowest BCUT2D eigenvalue weighted by atomic mass is 9.45. The van der Waals surface area contributed by atoms with Gasteiger partial charge >= 0.3 is 0 Å². The van der Waals surface area contributed by atoms with E-state index in [1.54, 1.807) is 12.1 Å². The fourth-order valence-electron chi connectivity index (χ4n) is 8.00. The molecule has 5 rings (SSSR count). The number of benzene rings is 1. The summed E-state index contributed by atoms with van der Waals surface area (Å²) < 4.78 is 0. The minimum Gasteiger partial charge on any atom is -0.393 e. The topological polar surface area (TPSA) is 87.8 Å². The molecule has 0 heterocycles. The van der Waals surface area contributed by atoms with Crippen LogP contribution in [-0.2, 0) is 0 Å². The molecular formula is C25H35N3O3. The van der Waals surface area contributed by atoms with Gasteiger partial charge in [-0.05, 0) is 99.0 Å². The van der Waals surface area contributed by atoms with Crippen molar-refractivity contribution in [2.75, 3.05) is 5.43 Å². The summed E-state index contributed by atoms with van der Waals surface area (Å²) in [4.78, 5) is 10.5. The average Bonchev–Trinajstić information content (AvgIpc) is 3.09. The van der Waals surface area contributed by atoms with E-state index in [0.29, 0.717) is 17.3 Å². The van der Waals surface area contributed by atoms with E-state index in [1.807, 2.05) is 0 Å². The summed E-state index contributed by atoms with van der Waals surface area (Å²) in [7, 11) is 0. The number of aliphatic hydroxyl groups excluding tert-OH is 1. The fourth-order valence-corrected chi connectivity index (χ4v) is 8.00. The second-order valence-corrected chi connectivity index (χ2v) is 11.1. The molecule has 7 atom stereocenters. The molecule has 0 unspecified atom stereocenters. The van der Waals surface area contributed by atoms with Gasteiger partial charge in [0, 0.05) is 23.3 Å². The van der Waals surface area contributed by atoms with Gasteiger partial charge in [-0.25, -0.2) is 0 Å². The highest BCUT2D eigenvalue weighted by atomic mass is 16.6. The van der Waals surface area contributed by atoms with Crippen molar-refractivity contribution in [3.05, 3.63) is 34.4 Å². The van der Waals surface area contributed by atoms with Gasteiger partial charge in [-0.2, -0.15) is 5.10 Å². The summed E-state index contributed by atoms with van der Waals surface area (Å²) in [6.07, 6.45) is 10.4. The molecule has 2 N–H and O–H groups in total. The molecule has 0 radical (unpaired) electrons. The first-order chi connectivity index (χ1) is 14.8. The van der Waals surface area contributed by atoms with Crippen LogP contribution in [0, 0.1) is 44.6 Å². The minimum absolute atomic E-state index is 0.0841. The SMILES string of the molecule is C[C@]12CC[C@H](O)C[C@@H]1CC[C@@H]1[C@@H]2CC[C@]2(C)/C(=N\Nc3ccc([N+](=O)[O-])cc3)CC[C@@H]12. The molecule has 4 aliphatic rings. The molecule has 6 nitrogen and oxygen atoms in total. The van der Waals surface area contributed by atoms with Gasteiger partial charge in [-0.1, -0.05) is 13.8 Å². The Labute approximate surface area is 184 Å². The van der Waals surface area contributed by atoms with E-state index in [4.69, 9.17) is 5.10 Å². The van der Waals surface area contributed by atoms with Gasteiger partial charge in [0.2, 0.25) is 0 Å². The maximum Gasteiger partial charge on any atom is 0.269 e. The van der Waals surface area contributed by atoms with Gasteiger partial charge in [0.25, 0.3) is 5.69 Å².